The van der Waals surface area contributed by atoms with Gasteiger partial charge in [-0.2, -0.15) is 0 Å². The average Bonchev–Trinajstić information content (AvgIpc) is 2.88. The third-order valence-corrected chi connectivity index (χ3v) is 3.77. The van der Waals surface area contributed by atoms with Gasteiger partial charge in [0.05, 0.1) is 0 Å². The molecule has 3 rings (SSSR count). The van der Waals surface area contributed by atoms with Crippen LogP contribution in [0, 0.1) is 5.82 Å². The maximum Gasteiger partial charge on any atom is 0.363 e. The number of hydrogen-bond donors (Lipinski definition) is 0. The van der Waals surface area contributed by atoms with E-state index < -0.39 is 11.8 Å². The average molecular weight is 323 g/mol. The van der Waals surface area contributed by atoms with Crippen LogP contribution in [0.1, 0.15) is 37.5 Å². The van der Waals surface area contributed by atoms with E-state index in [1.54, 1.807) is 18.2 Å². The van der Waals surface area contributed by atoms with Gasteiger partial charge in [-0.1, -0.05) is 51.1 Å². The van der Waals surface area contributed by atoms with E-state index >= 15 is 0 Å². The van der Waals surface area contributed by atoms with Crippen LogP contribution >= 0.6 is 0 Å². The summed E-state index contributed by atoms with van der Waals surface area (Å²) in [6.07, 6.45) is 1.67. The van der Waals surface area contributed by atoms with Gasteiger partial charge in [0.1, 0.15) is 5.82 Å². The zero-order chi connectivity index (χ0) is 17.3. The first kappa shape index (κ1) is 16.1. The molecule has 0 saturated carbocycles. The highest BCUT2D eigenvalue weighted by Crippen LogP contribution is 2.24. The monoisotopic (exact) mass is 323 g/mol. The summed E-state index contributed by atoms with van der Waals surface area (Å²) in [5, 5.41) is 0. The summed E-state index contributed by atoms with van der Waals surface area (Å²) in [5.74, 6) is -0.812. The molecule has 0 atom stereocenters. The lowest BCUT2D eigenvalue weighted by molar-refractivity contribution is -0.129. The number of benzene rings is 2. The van der Waals surface area contributed by atoms with Crippen LogP contribution in [0.2, 0.25) is 0 Å². The van der Waals surface area contributed by atoms with Crippen LogP contribution in [0.3, 0.4) is 0 Å². The van der Waals surface area contributed by atoms with Gasteiger partial charge in [0.15, 0.2) is 5.70 Å². The Morgan fingerprint density at radius 2 is 1.79 bits per heavy atom. The fourth-order valence-electron chi connectivity index (χ4n) is 2.39. The fourth-order valence-corrected chi connectivity index (χ4v) is 2.39. The van der Waals surface area contributed by atoms with Gasteiger partial charge in [0.2, 0.25) is 5.90 Å². The van der Waals surface area contributed by atoms with Crippen molar-refractivity contribution in [3.63, 3.8) is 0 Å². The molecule has 24 heavy (non-hydrogen) atoms. The topological polar surface area (TPSA) is 38.7 Å². The van der Waals surface area contributed by atoms with Gasteiger partial charge in [0, 0.05) is 5.56 Å². The second-order valence-electron chi connectivity index (χ2n) is 6.72. The molecule has 1 aliphatic rings. The predicted molar refractivity (Wildman–Crippen MR) is 92.1 cm³/mol. The van der Waals surface area contributed by atoms with Crippen LogP contribution in [-0.2, 0) is 14.9 Å². The minimum atomic E-state index is -0.533. The summed E-state index contributed by atoms with van der Waals surface area (Å²) in [6.45, 7) is 6.43. The molecular weight excluding hydrogens is 305 g/mol. The molecule has 2 aromatic rings. The van der Waals surface area contributed by atoms with Crippen LogP contribution in [-0.4, -0.2) is 11.9 Å². The van der Waals surface area contributed by atoms with Crippen molar-refractivity contribution in [2.45, 2.75) is 26.2 Å². The van der Waals surface area contributed by atoms with Crippen molar-refractivity contribution in [3.05, 3.63) is 76.7 Å². The summed E-state index contributed by atoms with van der Waals surface area (Å²) in [5.41, 5.74) is 2.79. The third kappa shape index (κ3) is 3.43. The van der Waals surface area contributed by atoms with E-state index in [-0.39, 0.29) is 17.0 Å². The summed E-state index contributed by atoms with van der Waals surface area (Å²) < 4.78 is 18.4. The summed E-state index contributed by atoms with van der Waals surface area (Å²) in [4.78, 5) is 16.2. The zero-order valence-corrected chi connectivity index (χ0v) is 13.8. The number of carbonyl (C=O) groups is 1. The minimum absolute atomic E-state index is 0.0701. The van der Waals surface area contributed by atoms with E-state index in [1.165, 1.54) is 17.7 Å². The van der Waals surface area contributed by atoms with Gasteiger partial charge in [-0.25, -0.2) is 14.2 Å². The summed E-state index contributed by atoms with van der Waals surface area (Å²) in [7, 11) is 0. The molecule has 2 aromatic carbocycles. The Morgan fingerprint density at radius 3 is 2.42 bits per heavy atom. The van der Waals surface area contributed by atoms with Gasteiger partial charge < -0.3 is 4.74 Å². The Hall–Kier alpha value is -2.75. The molecule has 122 valence electrons. The molecule has 0 aliphatic carbocycles. The number of esters is 1. The molecule has 0 saturated heterocycles. The van der Waals surface area contributed by atoms with Crippen molar-refractivity contribution < 1.29 is 13.9 Å². The second-order valence-corrected chi connectivity index (χ2v) is 6.72. The molecule has 0 aromatic heterocycles. The highest BCUT2D eigenvalue weighted by molar-refractivity contribution is 6.12. The lowest BCUT2D eigenvalue weighted by atomic mass is 9.87. The van der Waals surface area contributed by atoms with Gasteiger partial charge in [-0.15, -0.1) is 0 Å². The number of carbonyl (C=O) groups excluding carboxylic acids is 1. The number of rotatable bonds is 2. The predicted octanol–water partition coefficient (Wildman–Crippen LogP) is 4.47. The standard InChI is InChI=1S/C20H18FNO2/c1-20(2,3)15-9-7-13(8-10-15)11-17-19(23)24-18(22-17)14-5-4-6-16(21)12-14/h4-12H,1-3H3/b17-11-. The van der Waals surface area contributed by atoms with Crippen LogP contribution in [0.15, 0.2) is 59.2 Å². The van der Waals surface area contributed by atoms with Gasteiger partial charge >= 0.3 is 5.97 Å². The molecule has 0 spiro atoms. The van der Waals surface area contributed by atoms with Crippen LogP contribution in [0.5, 0.6) is 0 Å². The smallest absolute Gasteiger partial charge is 0.363 e. The number of hydrogen-bond acceptors (Lipinski definition) is 3. The minimum Gasteiger partial charge on any atom is -0.402 e. The number of nitrogens with zero attached hydrogens (tertiary/aromatic N) is 1. The quantitative estimate of drug-likeness (QED) is 0.604. The maximum absolute atomic E-state index is 13.3. The molecule has 1 aliphatic heterocycles. The number of cyclic esters (lactones) is 1. The lowest BCUT2D eigenvalue weighted by Gasteiger charge is -2.18. The van der Waals surface area contributed by atoms with Crippen LogP contribution < -0.4 is 0 Å². The fraction of sp³-hybridized carbons (Fsp3) is 0.200. The molecule has 3 nitrogen and oxygen atoms in total. The number of halogens is 1. The van der Waals surface area contributed by atoms with E-state index in [1.807, 2.05) is 24.3 Å². The van der Waals surface area contributed by atoms with Crippen LogP contribution in [0.4, 0.5) is 4.39 Å². The molecule has 0 amide bonds. The molecule has 0 fully saturated rings. The zero-order valence-electron chi connectivity index (χ0n) is 13.8. The molecule has 4 heteroatoms. The highest BCUT2D eigenvalue weighted by atomic mass is 19.1. The normalized spacial score (nSPS) is 16.2. The molecule has 0 radical (unpaired) electrons. The van der Waals surface area contributed by atoms with Gasteiger partial charge in [-0.05, 0) is 40.8 Å². The number of aliphatic imine (C=N–C) groups is 1. The Kier molecular flexibility index (Phi) is 4.06. The molecule has 0 bridgehead atoms. The third-order valence-electron chi connectivity index (χ3n) is 3.77. The Balaban J connectivity index is 1.88. The Bertz CT molecular complexity index is 843. The second kappa shape index (κ2) is 6.04. The van der Waals surface area contributed by atoms with Crippen molar-refractivity contribution in [1.29, 1.82) is 0 Å². The van der Waals surface area contributed by atoms with E-state index in [4.69, 9.17) is 4.74 Å². The van der Waals surface area contributed by atoms with E-state index in [0.29, 0.717) is 5.56 Å². The van der Waals surface area contributed by atoms with Crippen molar-refractivity contribution in [2.24, 2.45) is 4.99 Å². The maximum atomic E-state index is 13.3. The first-order valence-electron chi connectivity index (χ1n) is 7.72. The van der Waals surface area contributed by atoms with Crippen molar-refractivity contribution >= 4 is 17.9 Å². The summed E-state index contributed by atoms with van der Waals surface area (Å²) in [6, 6.07) is 13.8. The molecule has 1 heterocycles. The molecular formula is C20H18FNO2. The number of ether oxygens (including phenoxy) is 1. The van der Waals surface area contributed by atoms with Crippen molar-refractivity contribution in [2.75, 3.05) is 0 Å². The van der Waals surface area contributed by atoms with Crippen LogP contribution in [0.25, 0.3) is 6.08 Å². The first-order chi connectivity index (χ1) is 11.3. The Morgan fingerprint density at radius 1 is 1.08 bits per heavy atom. The van der Waals surface area contributed by atoms with E-state index in [0.717, 1.165) is 5.56 Å². The van der Waals surface area contributed by atoms with Crippen molar-refractivity contribution in [3.8, 4) is 0 Å². The van der Waals surface area contributed by atoms with E-state index in [9.17, 15) is 9.18 Å². The van der Waals surface area contributed by atoms with E-state index in [2.05, 4.69) is 25.8 Å². The first-order valence-corrected chi connectivity index (χ1v) is 7.72. The lowest BCUT2D eigenvalue weighted by Crippen LogP contribution is -2.10. The Labute approximate surface area is 140 Å². The van der Waals surface area contributed by atoms with Gasteiger partial charge in [0.25, 0.3) is 0 Å². The summed E-state index contributed by atoms with van der Waals surface area (Å²) >= 11 is 0. The molecule has 0 unspecified atom stereocenters. The van der Waals surface area contributed by atoms with Gasteiger partial charge in [-0.3, -0.25) is 0 Å². The molecule has 0 N–H and O–H groups in total. The highest BCUT2D eigenvalue weighted by Gasteiger charge is 2.24. The largest absolute Gasteiger partial charge is 0.402 e. The van der Waals surface area contributed by atoms with Crippen molar-refractivity contribution in [1.82, 2.24) is 0 Å². The SMILES string of the molecule is CC(C)(C)c1ccc(/C=C2\N=C(c3cccc(F)c3)OC2=O)cc1.